The van der Waals surface area contributed by atoms with Crippen molar-refractivity contribution in [2.24, 2.45) is 0 Å². The molecular formula is C17H27N3O2. The molecule has 0 unspecified atom stereocenters. The van der Waals surface area contributed by atoms with E-state index in [0.29, 0.717) is 12.1 Å². The highest BCUT2D eigenvalue weighted by Gasteiger charge is 2.12. The molecule has 122 valence electrons. The molecule has 5 heteroatoms. The summed E-state index contributed by atoms with van der Waals surface area (Å²) in [5.74, 6) is -0.0180. The average molecular weight is 305 g/mol. The third-order valence-corrected chi connectivity index (χ3v) is 3.48. The van der Waals surface area contributed by atoms with E-state index in [4.69, 9.17) is 4.74 Å². The van der Waals surface area contributed by atoms with Gasteiger partial charge < -0.3 is 15.4 Å². The molecule has 0 radical (unpaired) electrons. The lowest BCUT2D eigenvalue weighted by molar-refractivity contribution is 0.0383. The Balaban J connectivity index is 1.77. The summed E-state index contributed by atoms with van der Waals surface area (Å²) in [5, 5.41) is 6.36. The van der Waals surface area contributed by atoms with Crippen molar-refractivity contribution in [2.45, 2.75) is 26.3 Å². The first-order chi connectivity index (χ1) is 10.4. The van der Waals surface area contributed by atoms with E-state index in [9.17, 15) is 4.79 Å². The van der Waals surface area contributed by atoms with Crippen molar-refractivity contribution >= 4 is 11.6 Å². The van der Waals surface area contributed by atoms with Crippen LogP contribution < -0.4 is 10.6 Å². The van der Waals surface area contributed by atoms with Gasteiger partial charge in [0.15, 0.2) is 0 Å². The van der Waals surface area contributed by atoms with Crippen LogP contribution in [0.4, 0.5) is 5.69 Å². The number of anilines is 1. The van der Waals surface area contributed by atoms with Gasteiger partial charge in [0.25, 0.3) is 5.91 Å². The van der Waals surface area contributed by atoms with Crippen LogP contribution in [0.25, 0.3) is 0 Å². The summed E-state index contributed by atoms with van der Waals surface area (Å²) in [6.45, 7) is 11.3. The molecule has 0 saturated carbocycles. The van der Waals surface area contributed by atoms with Gasteiger partial charge in [-0.2, -0.15) is 0 Å². The van der Waals surface area contributed by atoms with Crippen LogP contribution in [0, 0.1) is 0 Å². The lowest BCUT2D eigenvalue weighted by Gasteiger charge is -2.26. The van der Waals surface area contributed by atoms with Gasteiger partial charge in [-0.05, 0) is 45.0 Å². The fraction of sp³-hybridized carbons (Fsp3) is 0.588. The second-order valence-corrected chi connectivity index (χ2v) is 6.66. The highest BCUT2D eigenvalue weighted by atomic mass is 16.5. The number of nitrogens with zero attached hydrogens (tertiary/aromatic N) is 1. The lowest BCUT2D eigenvalue weighted by Crippen LogP contribution is -2.41. The van der Waals surface area contributed by atoms with E-state index in [1.54, 1.807) is 0 Å². The predicted octanol–water partition coefficient (Wildman–Crippen LogP) is 1.96. The number of amides is 1. The fourth-order valence-electron chi connectivity index (χ4n) is 2.39. The van der Waals surface area contributed by atoms with E-state index in [1.165, 1.54) is 0 Å². The Hall–Kier alpha value is -1.59. The minimum absolute atomic E-state index is 0.0158. The normalized spacial score (nSPS) is 16.3. The molecule has 5 nitrogen and oxygen atoms in total. The van der Waals surface area contributed by atoms with Crippen molar-refractivity contribution < 1.29 is 9.53 Å². The molecular weight excluding hydrogens is 278 g/mol. The van der Waals surface area contributed by atoms with Crippen molar-refractivity contribution in [3.63, 3.8) is 0 Å². The van der Waals surface area contributed by atoms with E-state index in [0.717, 1.165) is 38.5 Å². The quantitative estimate of drug-likeness (QED) is 0.873. The van der Waals surface area contributed by atoms with Gasteiger partial charge >= 0.3 is 0 Å². The average Bonchev–Trinajstić information content (AvgIpc) is 2.47. The van der Waals surface area contributed by atoms with Crippen molar-refractivity contribution in [2.75, 3.05) is 44.7 Å². The van der Waals surface area contributed by atoms with E-state index in [1.807, 2.05) is 24.3 Å². The number of carbonyl (C=O) groups is 1. The number of rotatable bonds is 5. The maximum absolute atomic E-state index is 12.1. The minimum atomic E-state index is -0.0180. The molecule has 0 atom stereocenters. The second kappa shape index (κ2) is 7.61. The van der Waals surface area contributed by atoms with Gasteiger partial charge in [-0.3, -0.25) is 9.69 Å². The maximum Gasteiger partial charge on any atom is 0.251 e. The van der Waals surface area contributed by atoms with Gasteiger partial charge in [0.1, 0.15) is 0 Å². The predicted molar refractivity (Wildman–Crippen MR) is 89.4 cm³/mol. The standard InChI is InChI=1S/C17H27N3O2/c1-17(2,3)19-15-6-4-14(5-7-15)16(21)18-8-9-20-10-12-22-13-11-20/h4-7,19H,8-13H2,1-3H3,(H,18,21). The second-order valence-electron chi connectivity index (χ2n) is 6.66. The van der Waals surface area contributed by atoms with Gasteiger partial charge in [0.05, 0.1) is 13.2 Å². The Labute approximate surface area is 133 Å². The van der Waals surface area contributed by atoms with Crippen LogP contribution >= 0.6 is 0 Å². The summed E-state index contributed by atoms with van der Waals surface area (Å²) in [6.07, 6.45) is 0. The van der Waals surface area contributed by atoms with Gasteiger partial charge in [-0.25, -0.2) is 0 Å². The van der Waals surface area contributed by atoms with Gasteiger partial charge in [-0.15, -0.1) is 0 Å². The van der Waals surface area contributed by atoms with Crippen LogP contribution in [0.1, 0.15) is 31.1 Å². The Morgan fingerprint density at radius 1 is 1.18 bits per heavy atom. The van der Waals surface area contributed by atoms with Crippen LogP contribution in [0.5, 0.6) is 0 Å². The fourth-order valence-corrected chi connectivity index (χ4v) is 2.39. The summed E-state index contributed by atoms with van der Waals surface area (Å²) in [6, 6.07) is 7.61. The molecule has 1 fully saturated rings. The van der Waals surface area contributed by atoms with E-state index in [-0.39, 0.29) is 11.4 Å². The molecule has 1 amide bonds. The molecule has 1 aromatic carbocycles. The zero-order valence-corrected chi connectivity index (χ0v) is 13.8. The summed E-state index contributed by atoms with van der Waals surface area (Å²) >= 11 is 0. The summed E-state index contributed by atoms with van der Waals surface area (Å²) < 4.78 is 5.31. The molecule has 0 spiro atoms. The molecule has 0 aromatic heterocycles. The number of benzene rings is 1. The van der Waals surface area contributed by atoms with Crippen molar-refractivity contribution in [3.05, 3.63) is 29.8 Å². The number of carbonyl (C=O) groups excluding carboxylic acids is 1. The number of ether oxygens (including phenoxy) is 1. The van der Waals surface area contributed by atoms with Crippen LogP contribution in [-0.4, -0.2) is 55.7 Å². The third kappa shape index (κ3) is 5.66. The maximum atomic E-state index is 12.1. The third-order valence-electron chi connectivity index (χ3n) is 3.48. The molecule has 1 aliphatic heterocycles. The summed E-state index contributed by atoms with van der Waals surface area (Å²) in [7, 11) is 0. The number of morpholine rings is 1. The zero-order chi connectivity index (χ0) is 16.0. The monoisotopic (exact) mass is 305 g/mol. The molecule has 2 rings (SSSR count). The number of hydrogen-bond donors (Lipinski definition) is 2. The van der Waals surface area contributed by atoms with Crippen LogP contribution in [0.3, 0.4) is 0 Å². The summed E-state index contributed by atoms with van der Waals surface area (Å²) in [5.41, 5.74) is 1.74. The molecule has 1 aromatic rings. The topological polar surface area (TPSA) is 53.6 Å². The SMILES string of the molecule is CC(C)(C)Nc1ccc(C(=O)NCCN2CCOCC2)cc1. The lowest BCUT2D eigenvalue weighted by atomic mass is 10.1. The Morgan fingerprint density at radius 3 is 2.41 bits per heavy atom. The van der Waals surface area contributed by atoms with Crippen molar-refractivity contribution in [1.29, 1.82) is 0 Å². The van der Waals surface area contributed by atoms with E-state index in [2.05, 4.69) is 36.3 Å². The minimum Gasteiger partial charge on any atom is -0.380 e. The first-order valence-electron chi connectivity index (χ1n) is 7.91. The van der Waals surface area contributed by atoms with E-state index >= 15 is 0 Å². The molecule has 1 saturated heterocycles. The largest absolute Gasteiger partial charge is 0.380 e. The first-order valence-corrected chi connectivity index (χ1v) is 7.91. The van der Waals surface area contributed by atoms with Crippen molar-refractivity contribution in [3.8, 4) is 0 Å². The Morgan fingerprint density at radius 2 is 1.82 bits per heavy atom. The van der Waals surface area contributed by atoms with Crippen molar-refractivity contribution in [1.82, 2.24) is 10.2 Å². The molecule has 0 bridgehead atoms. The number of hydrogen-bond acceptors (Lipinski definition) is 4. The van der Waals surface area contributed by atoms with Gasteiger partial charge in [-0.1, -0.05) is 0 Å². The molecule has 1 aliphatic rings. The molecule has 2 N–H and O–H groups in total. The van der Waals surface area contributed by atoms with Crippen LogP contribution in [0.15, 0.2) is 24.3 Å². The van der Waals surface area contributed by atoms with Gasteiger partial charge in [0.2, 0.25) is 0 Å². The highest BCUT2D eigenvalue weighted by Crippen LogP contribution is 2.15. The van der Waals surface area contributed by atoms with Gasteiger partial charge in [0, 0.05) is 43.0 Å². The molecule has 1 heterocycles. The Kier molecular flexibility index (Phi) is 5.80. The summed E-state index contributed by atoms with van der Waals surface area (Å²) in [4.78, 5) is 14.4. The zero-order valence-electron chi connectivity index (χ0n) is 13.8. The highest BCUT2D eigenvalue weighted by molar-refractivity contribution is 5.94. The smallest absolute Gasteiger partial charge is 0.251 e. The van der Waals surface area contributed by atoms with Crippen LogP contribution in [-0.2, 0) is 4.74 Å². The first kappa shape index (κ1) is 16.8. The molecule has 0 aliphatic carbocycles. The van der Waals surface area contributed by atoms with E-state index < -0.39 is 0 Å². The molecule has 22 heavy (non-hydrogen) atoms. The van der Waals surface area contributed by atoms with Crippen LogP contribution in [0.2, 0.25) is 0 Å². The Bertz CT molecular complexity index is 474. The number of nitrogens with one attached hydrogen (secondary N) is 2.